The zero-order valence-corrected chi connectivity index (χ0v) is 11.3. The first-order valence-electron chi connectivity index (χ1n) is 6.73. The molecule has 1 rings (SSSR count). The summed E-state index contributed by atoms with van der Waals surface area (Å²) in [6, 6.07) is 0. The summed E-state index contributed by atoms with van der Waals surface area (Å²) < 4.78 is 5.83. The topological polar surface area (TPSA) is 33.3 Å². The van der Waals surface area contributed by atoms with Gasteiger partial charge in [-0.25, -0.2) is 0 Å². The van der Waals surface area contributed by atoms with Gasteiger partial charge in [0.2, 0.25) is 0 Å². The van der Waals surface area contributed by atoms with Gasteiger partial charge in [0.1, 0.15) is 0 Å². The Kier molecular flexibility index (Phi) is 6.32. The Morgan fingerprint density at radius 1 is 0.938 bits per heavy atom. The van der Waals surface area contributed by atoms with Crippen molar-refractivity contribution < 1.29 is 4.74 Å². The molecule has 1 aliphatic rings. The maximum Gasteiger partial charge on any atom is 0.0594 e. The minimum Gasteiger partial charge on any atom is -0.375 e. The second kappa shape index (κ2) is 7.25. The lowest BCUT2D eigenvalue weighted by molar-refractivity contribution is 0.0512. The minimum absolute atomic E-state index is 0.404. The van der Waals surface area contributed by atoms with Crippen LogP contribution >= 0.6 is 0 Å². The van der Waals surface area contributed by atoms with Gasteiger partial charge in [0, 0.05) is 25.6 Å². The van der Waals surface area contributed by atoms with E-state index in [4.69, 9.17) is 4.74 Å². The second-order valence-corrected chi connectivity index (χ2v) is 5.02. The van der Waals surface area contributed by atoms with Crippen molar-refractivity contribution in [3.05, 3.63) is 0 Å². The van der Waals surface area contributed by atoms with Crippen LogP contribution in [0.2, 0.25) is 0 Å². The molecule has 96 valence electrons. The van der Waals surface area contributed by atoms with E-state index in [2.05, 4.69) is 38.3 Å². The highest BCUT2D eigenvalue weighted by Gasteiger charge is 2.36. The summed E-state index contributed by atoms with van der Waals surface area (Å²) in [4.78, 5) is 0. The average Bonchev–Trinajstić information content (AvgIpc) is 2.49. The van der Waals surface area contributed by atoms with Gasteiger partial charge in [-0.1, -0.05) is 13.8 Å². The Morgan fingerprint density at radius 2 is 1.62 bits per heavy atom. The van der Waals surface area contributed by atoms with Crippen LogP contribution in [0, 0.1) is 11.8 Å². The number of ether oxygens (including phenoxy) is 1. The largest absolute Gasteiger partial charge is 0.375 e. The van der Waals surface area contributed by atoms with Crippen molar-refractivity contribution in [2.45, 2.75) is 46.3 Å². The molecule has 16 heavy (non-hydrogen) atoms. The molecular weight excluding hydrogens is 200 g/mol. The van der Waals surface area contributed by atoms with E-state index in [0.29, 0.717) is 24.0 Å². The van der Waals surface area contributed by atoms with Gasteiger partial charge in [-0.3, -0.25) is 0 Å². The molecule has 1 fully saturated rings. The standard InChI is InChI=1S/C13H28N2O/c1-5-6-14-7-8-15-9-13-10(2)11(3)16-12(13)4/h10-15H,5-9H2,1-4H3. The summed E-state index contributed by atoms with van der Waals surface area (Å²) in [5.41, 5.74) is 0. The molecule has 1 saturated heterocycles. The first-order valence-corrected chi connectivity index (χ1v) is 6.73. The Labute approximate surface area is 100 Å². The fourth-order valence-corrected chi connectivity index (χ4v) is 2.44. The molecule has 0 aliphatic carbocycles. The third-order valence-corrected chi connectivity index (χ3v) is 3.73. The Balaban J connectivity index is 2.08. The van der Waals surface area contributed by atoms with Gasteiger partial charge in [-0.15, -0.1) is 0 Å². The van der Waals surface area contributed by atoms with Crippen LogP contribution in [-0.2, 0) is 4.74 Å². The van der Waals surface area contributed by atoms with E-state index < -0.39 is 0 Å². The van der Waals surface area contributed by atoms with Crippen molar-refractivity contribution in [1.82, 2.24) is 10.6 Å². The molecule has 4 atom stereocenters. The molecule has 0 aromatic heterocycles. The quantitative estimate of drug-likeness (QED) is 0.650. The van der Waals surface area contributed by atoms with Crippen molar-refractivity contribution in [1.29, 1.82) is 0 Å². The van der Waals surface area contributed by atoms with Gasteiger partial charge in [-0.2, -0.15) is 0 Å². The van der Waals surface area contributed by atoms with E-state index in [1.165, 1.54) is 6.42 Å². The van der Waals surface area contributed by atoms with E-state index in [1.54, 1.807) is 0 Å². The third-order valence-electron chi connectivity index (χ3n) is 3.73. The van der Waals surface area contributed by atoms with E-state index >= 15 is 0 Å². The smallest absolute Gasteiger partial charge is 0.0594 e. The van der Waals surface area contributed by atoms with Crippen LogP contribution in [-0.4, -0.2) is 38.4 Å². The Hall–Kier alpha value is -0.120. The van der Waals surface area contributed by atoms with Crippen molar-refractivity contribution in [2.75, 3.05) is 26.2 Å². The highest BCUT2D eigenvalue weighted by Crippen LogP contribution is 2.31. The molecule has 0 aromatic carbocycles. The van der Waals surface area contributed by atoms with E-state index in [9.17, 15) is 0 Å². The number of hydrogen-bond donors (Lipinski definition) is 2. The summed E-state index contributed by atoms with van der Waals surface area (Å²) in [5, 5.41) is 6.92. The van der Waals surface area contributed by atoms with Gasteiger partial charge in [0.05, 0.1) is 12.2 Å². The number of rotatable bonds is 7. The summed E-state index contributed by atoms with van der Waals surface area (Å²) in [7, 11) is 0. The van der Waals surface area contributed by atoms with Gasteiger partial charge in [0.25, 0.3) is 0 Å². The van der Waals surface area contributed by atoms with Crippen LogP contribution in [0.5, 0.6) is 0 Å². The summed E-state index contributed by atoms with van der Waals surface area (Å²) >= 11 is 0. The highest BCUT2D eigenvalue weighted by atomic mass is 16.5. The molecule has 2 N–H and O–H groups in total. The lowest BCUT2D eigenvalue weighted by Gasteiger charge is -2.19. The molecule has 0 amide bonds. The zero-order valence-electron chi connectivity index (χ0n) is 11.3. The SMILES string of the molecule is CCCNCCNCC1C(C)OC(C)C1C. The molecule has 3 nitrogen and oxygen atoms in total. The van der Waals surface area contributed by atoms with Crippen LogP contribution in [0.4, 0.5) is 0 Å². The Morgan fingerprint density at radius 3 is 2.19 bits per heavy atom. The van der Waals surface area contributed by atoms with E-state index in [0.717, 1.165) is 26.2 Å². The minimum atomic E-state index is 0.404. The predicted molar refractivity (Wildman–Crippen MR) is 68.7 cm³/mol. The predicted octanol–water partition coefficient (Wildman–Crippen LogP) is 1.64. The molecule has 0 saturated carbocycles. The van der Waals surface area contributed by atoms with Crippen LogP contribution in [0.3, 0.4) is 0 Å². The van der Waals surface area contributed by atoms with E-state index in [-0.39, 0.29) is 0 Å². The number of nitrogens with one attached hydrogen (secondary N) is 2. The van der Waals surface area contributed by atoms with Gasteiger partial charge in [-0.05, 0) is 32.7 Å². The average molecular weight is 228 g/mol. The van der Waals surface area contributed by atoms with Crippen LogP contribution in [0.1, 0.15) is 34.1 Å². The first kappa shape index (κ1) is 13.9. The monoisotopic (exact) mass is 228 g/mol. The zero-order chi connectivity index (χ0) is 12.0. The maximum absolute atomic E-state index is 5.83. The van der Waals surface area contributed by atoms with Gasteiger partial charge in [0.15, 0.2) is 0 Å². The van der Waals surface area contributed by atoms with Crippen LogP contribution < -0.4 is 10.6 Å². The van der Waals surface area contributed by atoms with Crippen molar-refractivity contribution in [3.63, 3.8) is 0 Å². The summed E-state index contributed by atoms with van der Waals surface area (Å²) in [6.45, 7) is 13.2. The van der Waals surface area contributed by atoms with Crippen molar-refractivity contribution >= 4 is 0 Å². The van der Waals surface area contributed by atoms with Crippen LogP contribution in [0.25, 0.3) is 0 Å². The first-order chi connectivity index (χ1) is 7.66. The fourth-order valence-electron chi connectivity index (χ4n) is 2.44. The van der Waals surface area contributed by atoms with Crippen molar-refractivity contribution in [2.24, 2.45) is 11.8 Å². The molecule has 0 radical (unpaired) electrons. The molecule has 0 aromatic rings. The summed E-state index contributed by atoms with van der Waals surface area (Å²) in [5.74, 6) is 1.34. The maximum atomic E-state index is 5.83. The lowest BCUT2D eigenvalue weighted by atomic mass is 9.89. The van der Waals surface area contributed by atoms with Crippen LogP contribution in [0.15, 0.2) is 0 Å². The molecule has 0 spiro atoms. The Bertz CT molecular complexity index is 187. The molecule has 0 bridgehead atoms. The third kappa shape index (κ3) is 4.04. The normalized spacial score (nSPS) is 34.5. The molecule has 3 heteroatoms. The lowest BCUT2D eigenvalue weighted by Crippen LogP contribution is -2.35. The van der Waals surface area contributed by atoms with Gasteiger partial charge < -0.3 is 15.4 Å². The molecular formula is C13H28N2O. The fraction of sp³-hybridized carbons (Fsp3) is 1.00. The molecule has 1 heterocycles. The molecule has 1 aliphatic heterocycles. The second-order valence-electron chi connectivity index (χ2n) is 5.02. The van der Waals surface area contributed by atoms with Crippen molar-refractivity contribution in [3.8, 4) is 0 Å². The highest BCUT2D eigenvalue weighted by molar-refractivity contribution is 4.85. The molecule has 4 unspecified atom stereocenters. The number of hydrogen-bond acceptors (Lipinski definition) is 3. The van der Waals surface area contributed by atoms with E-state index in [1.807, 2.05) is 0 Å². The summed E-state index contributed by atoms with van der Waals surface area (Å²) in [6.07, 6.45) is 2.03. The van der Waals surface area contributed by atoms with Gasteiger partial charge >= 0.3 is 0 Å².